The Kier molecular flexibility index (Phi) is 4.76. The standard InChI is InChI=1S/C29H31FN2O/c1-19(2)22-5-3-4-6-23(22)20-7-9-25-24(15-20)26(33)16-28(25)13-14-32(18-28)29(11-12-29)27-10-8-21(30)17-31-27/h3-10,15,17,19,26,33H,11-14,16,18H2,1-2H3. The molecule has 1 N–H and O–H groups in total. The second-order valence-electron chi connectivity index (χ2n) is 10.6. The largest absolute Gasteiger partial charge is 0.388 e. The van der Waals surface area contributed by atoms with Crippen LogP contribution in [-0.4, -0.2) is 28.1 Å². The van der Waals surface area contributed by atoms with Crippen LogP contribution in [0.15, 0.2) is 60.8 Å². The number of benzene rings is 2. The van der Waals surface area contributed by atoms with Gasteiger partial charge in [0, 0.05) is 12.0 Å². The van der Waals surface area contributed by atoms with Gasteiger partial charge in [0.05, 0.1) is 23.5 Å². The van der Waals surface area contributed by atoms with Crippen molar-refractivity contribution in [2.24, 2.45) is 0 Å². The lowest BCUT2D eigenvalue weighted by Crippen LogP contribution is -2.37. The van der Waals surface area contributed by atoms with Crippen LogP contribution >= 0.6 is 0 Å². The molecular weight excluding hydrogens is 411 g/mol. The summed E-state index contributed by atoms with van der Waals surface area (Å²) in [6.07, 6.45) is 4.88. The molecule has 2 unspecified atom stereocenters. The zero-order valence-corrected chi connectivity index (χ0v) is 19.4. The van der Waals surface area contributed by atoms with Crippen molar-refractivity contribution in [1.82, 2.24) is 9.88 Å². The van der Waals surface area contributed by atoms with Gasteiger partial charge in [0.15, 0.2) is 0 Å². The van der Waals surface area contributed by atoms with Crippen LogP contribution in [0.4, 0.5) is 4.39 Å². The van der Waals surface area contributed by atoms with Crippen LogP contribution in [0.3, 0.4) is 0 Å². The number of aromatic nitrogens is 1. The molecule has 2 aliphatic carbocycles. The Bertz CT molecular complexity index is 1200. The molecule has 2 heterocycles. The molecule has 2 fully saturated rings. The van der Waals surface area contributed by atoms with Crippen molar-refractivity contribution >= 4 is 0 Å². The van der Waals surface area contributed by atoms with Gasteiger partial charge in [-0.2, -0.15) is 0 Å². The fourth-order valence-electron chi connectivity index (χ4n) is 6.47. The van der Waals surface area contributed by atoms with Crippen LogP contribution in [-0.2, 0) is 11.0 Å². The summed E-state index contributed by atoms with van der Waals surface area (Å²) in [5, 5.41) is 11.1. The van der Waals surface area contributed by atoms with Gasteiger partial charge in [-0.05, 0) is 84.2 Å². The van der Waals surface area contributed by atoms with Crippen LogP contribution in [0.25, 0.3) is 11.1 Å². The van der Waals surface area contributed by atoms with E-state index in [0.717, 1.165) is 50.0 Å². The predicted octanol–water partition coefficient (Wildman–Crippen LogP) is 6.08. The molecule has 1 aliphatic heterocycles. The molecule has 3 nitrogen and oxygen atoms in total. The molecule has 1 saturated carbocycles. The Hall–Kier alpha value is -2.56. The summed E-state index contributed by atoms with van der Waals surface area (Å²) in [4.78, 5) is 6.99. The predicted molar refractivity (Wildman–Crippen MR) is 129 cm³/mol. The molecule has 6 rings (SSSR count). The fourth-order valence-corrected chi connectivity index (χ4v) is 6.47. The highest BCUT2D eigenvalue weighted by molar-refractivity contribution is 5.70. The first-order chi connectivity index (χ1) is 15.9. The van der Waals surface area contributed by atoms with Crippen molar-refractivity contribution in [2.75, 3.05) is 13.1 Å². The highest BCUT2D eigenvalue weighted by Crippen LogP contribution is 2.57. The van der Waals surface area contributed by atoms with E-state index in [-0.39, 0.29) is 16.8 Å². The quantitative estimate of drug-likeness (QED) is 0.532. The Balaban J connectivity index is 1.32. The second kappa shape index (κ2) is 7.48. The highest BCUT2D eigenvalue weighted by Gasteiger charge is 2.57. The van der Waals surface area contributed by atoms with Crippen LogP contribution < -0.4 is 0 Å². The molecule has 33 heavy (non-hydrogen) atoms. The molecule has 0 amide bonds. The van der Waals surface area contributed by atoms with Gasteiger partial charge in [-0.15, -0.1) is 0 Å². The van der Waals surface area contributed by atoms with E-state index in [2.05, 4.69) is 66.2 Å². The monoisotopic (exact) mass is 442 g/mol. The van der Waals surface area contributed by atoms with Gasteiger partial charge in [0.1, 0.15) is 5.82 Å². The lowest BCUT2D eigenvalue weighted by molar-refractivity contribution is 0.146. The topological polar surface area (TPSA) is 36.4 Å². The van der Waals surface area contributed by atoms with Crippen LogP contribution in [0.2, 0.25) is 0 Å². The number of hydrogen-bond acceptors (Lipinski definition) is 3. The number of pyridine rings is 1. The van der Waals surface area contributed by atoms with E-state index in [1.54, 1.807) is 0 Å². The van der Waals surface area contributed by atoms with Gasteiger partial charge >= 0.3 is 0 Å². The van der Waals surface area contributed by atoms with Gasteiger partial charge in [0.25, 0.3) is 0 Å². The third-order valence-corrected chi connectivity index (χ3v) is 8.35. The summed E-state index contributed by atoms with van der Waals surface area (Å²) in [6.45, 7) is 6.38. The maximum Gasteiger partial charge on any atom is 0.141 e. The van der Waals surface area contributed by atoms with E-state index in [4.69, 9.17) is 0 Å². The maximum absolute atomic E-state index is 13.4. The van der Waals surface area contributed by atoms with Crippen molar-refractivity contribution < 1.29 is 9.50 Å². The summed E-state index contributed by atoms with van der Waals surface area (Å²) in [6, 6.07) is 18.7. The van der Waals surface area contributed by atoms with Gasteiger partial charge in [-0.1, -0.05) is 50.2 Å². The number of rotatable bonds is 4. The number of hydrogen-bond donors (Lipinski definition) is 1. The Labute approximate surface area is 195 Å². The first-order valence-electron chi connectivity index (χ1n) is 12.2. The number of aliphatic hydroxyl groups is 1. The fraction of sp³-hybridized carbons (Fsp3) is 0.414. The highest BCUT2D eigenvalue weighted by atomic mass is 19.1. The number of nitrogens with zero attached hydrogens (tertiary/aromatic N) is 2. The summed E-state index contributed by atoms with van der Waals surface area (Å²) < 4.78 is 13.4. The van der Waals surface area contributed by atoms with Crippen LogP contribution in [0.5, 0.6) is 0 Å². The van der Waals surface area contributed by atoms with Crippen LogP contribution in [0, 0.1) is 5.82 Å². The zero-order chi connectivity index (χ0) is 22.8. The number of aliphatic hydroxyl groups excluding tert-OH is 1. The minimum atomic E-state index is -0.426. The van der Waals surface area contributed by atoms with Gasteiger partial charge in [-0.25, -0.2) is 4.39 Å². The first-order valence-corrected chi connectivity index (χ1v) is 12.2. The summed E-state index contributed by atoms with van der Waals surface area (Å²) in [7, 11) is 0. The Morgan fingerprint density at radius 3 is 2.61 bits per heavy atom. The lowest BCUT2D eigenvalue weighted by atomic mass is 9.80. The van der Waals surface area contributed by atoms with Crippen molar-refractivity contribution in [3.63, 3.8) is 0 Å². The number of likely N-dealkylation sites (tertiary alicyclic amines) is 1. The molecular formula is C29H31FN2O. The zero-order valence-electron chi connectivity index (χ0n) is 19.4. The number of halogens is 1. The molecule has 3 aliphatic rings. The Morgan fingerprint density at radius 2 is 1.88 bits per heavy atom. The van der Waals surface area contributed by atoms with E-state index in [0.29, 0.717) is 5.92 Å². The SMILES string of the molecule is CC(C)c1ccccc1-c1ccc2c(c1)C(O)CC21CCN(C2(c3ccc(F)cn3)CC2)C1. The van der Waals surface area contributed by atoms with E-state index < -0.39 is 6.10 Å². The molecule has 1 saturated heterocycles. The minimum absolute atomic E-state index is 0.0134. The normalized spacial score (nSPS) is 25.7. The third kappa shape index (κ3) is 3.26. The molecule has 170 valence electrons. The van der Waals surface area contributed by atoms with Crippen molar-refractivity contribution in [1.29, 1.82) is 0 Å². The summed E-state index contributed by atoms with van der Waals surface area (Å²) in [5.41, 5.74) is 7.12. The smallest absolute Gasteiger partial charge is 0.141 e. The molecule has 4 heteroatoms. The minimum Gasteiger partial charge on any atom is -0.388 e. The van der Waals surface area contributed by atoms with E-state index in [1.165, 1.54) is 34.5 Å². The number of fused-ring (bicyclic) bond motifs is 2. The van der Waals surface area contributed by atoms with Crippen LogP contribution in [0.1, 0.15) is 73.9 Å². The molecule has 2 aromatic carbocycles. The van der Waals surface area contributed by atoms with Crippen molar-refractivity contribution in [2.45, 2.75) is 62.5 Å². The van der Waals surface area contributed by atoms with E-state index in [1.807, 2.05) is 6.07 Å². The Morgan fingerprint density at radius 1 is 1.06 bits per heavy atom. The second-order valence-corrected chi connectivity index (χ2v) is 10.6. The average Bonchev–Trinajstić information content (AvgIpc) is 3.45. The first kappa shape index (κ1) is 21.0. The summed E-state index contributed by atoms with van der Waals surface area (Å²) >= 11 is 0. The molecule has 1 spiro atoms. The third-order valence-electron chi connectivity index (χ3n) is 8.35. The lowest BCUT2D eigenvalue weighted by Gasteiger charge is -2.31. The van der Waals surface area contributed by atoms with E-state index in [9.17, 15) is 9.50 Å². The average molecular weight is 443 g/mol. The molecule has 1 aromatic heterocycles. The molecule has 3 aromatic rings. The van der Waals surface area contributed by atoms with Gasteiger partial charge < -0.3 is 5.11 Å². The van der Waals surface area contributed by atoms with Gasteiger partial charge in [0.2, 0.25) is 0 Å². The van der Waals surface area contributed by atoms with Gasteiger partial charge in [-0.3, -0.25) is 9.88 Å². The van der Waals surface area contributed by atoms with Crippen molar-refractivity contribution in [3.05, 3.63) is 89.0 Å². The summed E-state index contributed by atoms with van der Waals surface area (Å²) in [5.74, 6) is 0.166. The van der Waals surface area contributed by atoms with Crippen molar-refractivity contribution in [3.8, 4) is 11.1 Å². The van der Waals surface area contributed by atoms with E-state index >= 15 is 0 Å². The molecule has 0 radical (unpaired) electrons. The molecule has 2 atom stereocenters. The molecule has 0 bridgehead atoms. The maximum atomic E-state index is 13.4.